The summed E-state index contributed by atoms with van der Waals surface area (Å²) in [4.78, 5) is 16.6. The summed E-state index contributed by atoms with van der Waals surface area (Å²) in [6.07, 6.45) is 7.81. The summed E-state index contributed by atoms with van der Waals surface area (Å²) in [5, 5.41) is 4.30. The maximum atomic E-state index is 13.2. The monoisotopic (exact) mass is 345 g/mol. The lowest BCUT2D eigenvalue weighted by Gasteiger charge is -2.05. The summed E-state index contributed by atoms with van der Waals surface area (Å²) in [5.74, 6) is 0.406. The van der Waals surface area contributed by atoms with Crippen molar-refractivity contribution < 1.29 is 4.39 Å². The number of anilines is 1. The van der Waals surface area contributed by atoms with Crippen molar-refractivity contribution in [2.45, 2.75) is 18.9 Å². The third-order valence-corrected chi connectivity index (χ3v) is 4.55. The van der Waals surface area contributed by atoms with Crippen LogP contribution in [0.25, 0.3) is 33.4 Å². The molecule has 5 nitrogen and oxygen atoms in total. The molecular weight excluding hydrogens is 329 g/mol. The molecule has 0 aliphatic heterocycles. The summed E-state index contributed by atoms with van der Waals surface area (Å²) < 4.78 is 13.2. The second kappa shape index (κ2) is 5.91. The van der Waals surface area contributed by atoms with Gasteiger partial charge in [-0.1, -0.05) is 12.1 Å². The Bertz CT molecular complexity index is 1080. The van der Waals surface area contributed by atoms with Crippen molar-refractivity contribution in [3.63, 3.8) is 0 Å². The van der Waals surface area contributed by atoms with E-state index < -0.39 is 0 Å². The number of hydrogen-bond acceptors (Lipinski definition) is 4. The molecule has 26 heavy (non-hydrogen) atoms. The molecule has 1 aromatic carbocycles. The minimum Gasteiger partial charge on any atom is -0.351 e. The van der Waals surface area contributed by atoms with Crippen LogP contribution in [0.2, 0.25) is 0 Å². The molecule has 2 N–H and O–H groups in total. The fraction of sp³-hybridized carbons (Fsp3) is 0.150. The van der Waals surface area contributed by atoms with Gasteiger partial charge in [0.05, 0.1) is 5.69 Å². The van der Waals surface area contributed by atoms with Crippen molar-refractivity contribution in [3.05, 3.63) is 60.8 Å². The molecule has 1 aliphatic rings. The van der Waals surface area contributed by atoms with Crippen molar-refractivity contribution in [1.29, 1.82) is 0 Å². The number of nitrogens with one attached hydrogen (secondary N) is 2. The topological polar surface area (TPSA) is 66.5 Å². The first-order valence-electron chi connectivity index (χ1n) is 8.59. The molecule has 4 aromatic rings. The third kappa shape index (κ3) is 2.79. The Morgan fingerprint density at radius 3 is 2.69 bits per heavy atom. The highest BCUT2D eigenvalue weighted by atomic mass is 19.1. The number of aromatic amines is 1. The number of benzene rings is 1. The molecule has 1 saturated carbocycles. The van der Waals surface area contributed by atoms with Gasteiger partial charge in [0.2, 0.25) is 5.95 Å². The highest BCUT2D eigenvalue weighted by Crippen LogP contribution is 2.31. The standard InChI is InChI=1S/C20H16FN5/c21-14-3-1-12(2-4-14)13-9-16-17(11-24-19(16)23-10-13)18-7-8-22-20(26-18)25-15-5-6-15/h1-4,7-11,15H,5-6H2,(H,23,24)(H,22,25,26). The van der Waals surface area contributed by atoms with Gasteiger partial charge in [-0.25, -0.2) is 19.3 Å². The van der Waals surface area contributed by atoms with Gasteiger partial charge in [0.1, 0.15) is 11.5 Å². The largest absolute Gasteiger partial charge is 0.351 e. The number of halogens is 1. The van der Waals surface area contributed by atoms with Crippen LogP contribution in [-0.2, 0) is 0 Å². The highest BCUT2D eigenvalue weighted by molar-refractivity contribution is 5.95. The summed E-state index contributed by atoms with van der Waals surface area (Å²) in [5.41, 5.74) is 4.46. The van der Waals surface area contributed by atoms with Crippen LogP contribution in [0, 0.1) is 5.82 Å². The van der Waals surface area contributed by atoms with Gasteiger partial charge in [-0.05, 0) is 42.7 Å². The van der Waals surface area contributed by atoms with Crippen molar-refractivity contribution in [2.75, 3.05) is 5.32 Å². The molecule has 3 aromatic heterocycles. The van der Waals surface area contributed by atoms with Crippen LogP contribution >= 0.6 is 0 Å². The zero-order valence-corrected chi connectivity index (χ0v) is 13.9. The number of aromatic nitrogens is 4. The van der Waals surface area contributed by atoms with Gasteiger partial charge in [-0.2, -0.15) is 0 Å². The van der Waals surface area contributed by atoms with Crippen molar-refractivity contribution in [3.8, 4) is 22.4 Å². The van der Waals surface area contributed by atoms with Gasteiger partial charge in [0, 0.05) is 41.1 Å². The van der Waals surface area contributed by atoms with Crippen LogP contribution in [0.15, 0.2) is 55.0 Å². The van der Waals surface area contributed by atoms with E-state index in [1.165, 1.54) is 25.0 Å². The molecule has 0 bridgehead atoms. The van der Waals surface area contributed by atoms with E-state index in [0.29, 0.717) is 12.0 Å². The van der Waals surface area contributed by atoms with Gasteiger partial charge in [-0.15, -0.1) is 0 Å². The first-order chi connectivity index (χ1) is 12.8. The predicted octanol–water partition coefficient (Wildman–Crippen LogP) is 4.40. The SMILES string of the molecule is Fc1ccc(-c2cnc3[nH]cc(-c4ccnc(NC5CC5)n4)c3c2)cc1. The number of nitrogens with zero attached hydrogens (tertiary/aromatic N) is 3. The molecule has 0 radical (unpaired) electrons. The van der Waals surface area contributed by atoms with E-state index in [2.05, 4.69) is 31.3 Å². The second-order valence-electron chi connectivity index (χ2n) is 6.51. The summed E-state index contributed by atoms with van der Waals surface area (Å²) in [6, 6.07) is 10.9. The number of hydrogen-bond donors (Lipinski definition) is 2. The Morgan fingerprint density at radius 1 is 1.04 bits per heavy atom. The number of rotatable bonds is 4. The van der Waals surface area contributed by atoms with Crippen LogP contribution in [0.5, 0.6) is 0 Å². The normalized spacial score (nSPS) is 13.9. The zero-order valence-electron chi connectivity index (χ0n) is 13.9. The van der Waals surface area contributed by atoms with E-state index in [0.717, 1.165) is 33.4 Å². The minimum atomic E-state index is -0.248. The molecule has 128 valence electrons. The highest BCUT2D eigenvalue weighted by Gasteiger charge is 2.22. The van der Waals surface area contributed by atoms with Crippen LogP contribution in [-0.4, -0.2) is 26.0 Å². The first-order valence-corrected chi connectivity index (χ1v) is 8.59. The minimum absolute atomic E-state index is 0.248. The molecular formula is C20H16FN5. The third-order valence-electron chi connectivity index (χ3n) is 4.55. The van der Waals surface area contributed by atoms with Gasteiger partial charge < -0.3 is 10.3 Å². The Labute approximate surface area is 149 Å². The summed E-state index contributed by atoms with van der Waals surface area (Å²) >= 11 is 0. The lowest BCUT2D eigenvalue weighted by molar-refractivity contribution is 0.628. The molecule has 0 atom stereocenters. The van der Waals surface area contributed by atoms with E-state index in [-0.39, 0.29) is 5.82 Å². The van der Waals surface area contributed by atoms with Crippen LogP contribution in [0.4, 0.5) is 10.3 Å². The second-order valence-corrected chi connectivity index (χ2v) is 6.51. The molecule has 6 heteroatoms. The molecule has 0 unspecified atom stereocenters. The molecule has 0 saturated heterocycles. The van der Waals surface area contributed by atoms with Crippen molar-refractivity contribution in [1.82, 2.24) is 19.9 Å². The van der Waals surface area contributed by atoms with E-state index in [1.54, 1.807) is 24.5 Å². The maximum Gasteiger partial charge on any atom is 0.223 e. The van der Waals surface area contributed by atoms with Crippen molar-refractivity contribution >= 4 is 17.0 Å². The Kier molecular flexibility index (Phi) is 3.41. The lowest BCUT2D eigenvalue weighted by Crippen LogP contribution is -2.05. The number of H-pyrrole nitrogens is 1. The van der Waals surface area contributed by atoms with Crippen LogP contribution in [0.1, 0.15) is 12.8 Å². The summed E-state index contributed by atoms with van der Waals surface area (Å²) in [6.45, 7) is 0. The van der Waals surface area contributed by atoms with Crippen LogP contribution < -0.4 is 5.32 Å². The average molecular weight is 345 g/mol. The molecule has 1 aliphatic carbocycles. The number of pyridine rings is 1. The van der Waals surface area contributed by atoms with E-state index in [9.17, 15) is 4.39 Å². The molecule has 0 amide bonds. The van der Waals surface area contributed by atoms with Gasteiger partial charge in [0.15, 0.2) is 0 Å². The number of fused-ring (bicyclic) bond motifs is 1. The van der Waals surface area contributed by atoms with E-state index >= 15 is 0 Å². The van der Waals surface area contributed by atoms with E-state index in [1.807, 2.05) is 12.3 Å². The Balaban J connectivity index is 1.57. The fourth-order valence-electron chi connectivity index (χ4n) is 3.00. The first kappa shape index (κ1) is 15.0. The van der Waals surface area contributed by atoms with Gasteiger partial charge in [-0.3, -0.25) is 0 Å². The summed E-state index contributed by atoms with van der Waals surface area (Å²) in [7, 11) is 0. The quantitative estimate of drug-likeness (QED) is 0.575. The van der Waals surface area contributed by atoms with Crippen molar-refractivity contribution in [2.24, 2.45) is 0 Å². The smallest absolute Gasteiger partial charge is 0.223 e. The zero-order chi connectivity index (χ0) is 17.5. The Hall–Kier alpha value is -3.28. The van der Waals surface area contributed by atoms with Gasteiger partial charge in [0.25, 0.3) is 0 Å². The van der Waals surface area contributed by atoms with E-state index in [4.69, 9.17) is 0 Å². The fourth-order valence-corrected chi connectivity index (χ4v) is 3.00. The van der Waals surface area contributed by atoms with Crippen LogP contribution in [0.3, 0.4) is 0 Å². The molecule has 3 heterocycles. The molecule has 5 rings (SSSR count). The molecule has 0 spiro atoms. The lowest BCUT2D eigenvalue weighted by atomic mass is 10.0. The Morgan fingerprint density at radius 2 is 1.88 bits per heavy atom. The predicted molar refractivity (Wildman–Crippen MR) is 99.2 cm³/mol. The van der Waals surface area contributed by atoms with Gasteiger partial charge >= 0.3 is 0 Å². The molecule has 1 fully saturated rings. The average Bonchev–Trinajstić information content (AvgIpc) is 3.38. The maximum absolute atomic E-state index is 13.2.